The second kappa shape index (κ2) is 4.11. The van der Waals surface area contributed by atoms with Crippen LogP contribution >= 0.6 is 15.9 Å². The van der Waals surface area contributed by atoms with Crippen LogP contribution in [0.1, 0.15) is 8.22 Å². The van der Waals surface area contributed by atoms with Gasteiger partial charge in [-0.1, -0.05) is 15.9 Å². The summed E-state index contributed by atoms with van der Waals surface area (Å²) in [5, 5.41) is 0. The minimum atomic E-state index is -2.53. The molecule has 1 aromatic rings. The van der Waals surface area contributed by atoms with E-state index in [-0.39, 0.29) is 35.4 Å². The molecule has 0 N–H and O–H groups in total. The quantitative estimate of drug-likeness (QED) is 0.772. The summed E-state index contributed by atoms with van der Waals surface area (Å²) in [7, 11) is 0. The van der Waals surface area contributed by atoms with E-state index in [4.69, 9.17) is 13.0 Å². The number of carbonyl (C=O) groups is 1. The molecule has 0 spiro atoms. The van der Waals surface area contributed by atoms with Gasteiger partial charge in [0.1, 0.15) is 6.56 Å². The molecule has 0 unspecified atom stereocenters. The van der Waals surface area contributed by atoms with Crippen LogP contribution in [-0.2, 0) is 9.53 Å². The summed E-state index contributed by atoms with van der Waals surface area (Å²) in [6, 6.07) is -1.44. The number of hydrogen-bond acceptors (Lipinski definition) is 2. The van der Waals surface area contributed by atoms with E-state index in [1.165, 1.54) is 0 Å². The van der Waals surface area contributed by atoms with E-state index in [0.29, 0.717) is 0 Å². The van der Waals surface area contributed by atoms with Crippen molar-refractivity contribution in [2.24, 2.45) is 0 Å². The lowest BCUT2D eigenvalue weighted by molar-refractivity contribution is -0.125. The minimum absolute atomic E-state index is 0.0000291. The molecule has 0 saturated carbocycles. The molecule has 4 heteroatoms. The van der Waals surface area contributed by atoms with Crippen molar-refractivity contribution in [3.05, 3.63) is 28.6 Å². The number of benzene rings is 1. The Hall–Kier alpha value is -0.870. The van der Waals surface area contributed by atoms with Gasteiger partial charge in [-0.2, -0.15) is 0 Å². The number of morpholine rings is 1. The average molecular weight is 262 g/mol. The van der Waals surface area contributed by atoms with Crippen LogP contribution in [0.25, 0.3) is 0 Å². The molecule has 14 heavy (non-hydrogen) atoms. The van der Waals surface area contributed by atoms with E-state index in [9.17, 15) is 4.79 Å². The van der Waals surface area contributed by atoms with E-state index >= 15 is 0 Å². The van der Waals surface area contributed by atoms with Crippen molar-refractivity contribution in [2.45, 2.75) is 0 Å². The van der Waals surface area contributed by atoms with E-state index in [1.807, 2.05) is 0 Å². The topological polar surface area (TPSA) is 29.5 Å². The normalized spacial score (nSPS) is 26.9. The molecule has 74 valence electrons. The summed E-state index contributed by atoms with van der Waals surface area (Å²) in [6.07, 6.45) is 0. The van der Waals surface area contributed by atoms with Crippen molar-refractivity contribution in [3.8, 4) is 0 Å². The zero-order valence-corrected chi connectivity index (χ0v) is 8.64. The number of anilines is 1. The Kier molecular flexibility index (Phi) is 1.40. The predicted molar refractivity (Wildman–Crippen MR) is 57.3 cm³/mol. The highest BCUT2D eigenvalue weighted by atomic mass is 79.9. The van der Waals surface area contributed by atoms with Gasteiger partial charge in [-0.3, -0.25) is 4.79 Å². The first kappa shape index (κ1) is 4.77. The number of carbonyl (C=O) groups excluding carboxylic acids is 1. The van der Waals surface area contributed by atoms with Crippen molar-refractivity contribution in [1.29, 1.82) is 0 Å². The number of nitrogens with zero attached hydrogens (tertiary/aromatic N) is 1. The summed E-state index contributed by atoms with van der Waals surface area (Å²) in [5.41, 5.74) is -0.236. The number of amides is 1. The van der Waals surface area contributed by atoms with Crippen molar-refractivity contribution >= 4 is 27.5 Å². The van der Waals surface area contributed by atoms with Crippen LogP contribution in [-0.4, -0.2) is 25.6 Å². The fourth-order valence-corrected chi connectivity index (χ4v) is 1.24. The van der Waals surface area contributed by atoms with Crippen LogP contribution in [0.3, 0.4) is 0 Å². The Balaban J connectivity index is 2.62. The number of hydrogen-bond donors (Lipinski definition) is 0. The van der Waals surface area contributed by atoms with Gasteiger partial charge in [0.25, 0.3) is 5.91 Å². The van der Waals surface area contributed by atoms with Gasteiger partial charge in [0, 0.05) is 16.7 Å². The maximum Gasteiger partial charge on any atom is 0.253 e. The minimum Gasteiger partial charge on any atom is -0.370 e. The van der Waals surface area contributed by atoms with Crippen LogP contribution in [0, 0.1) is 0 Å². The highest BCUT2D eigenvalue weighted by Gasteiger charge is 2.19. The van der Waals surface area contributed by atoms with Crippen molar-refractivity contribution < 1.29 is 17.8 Å². The van der Waals surface area contributed by atoms with Crippen LogP contribution in [0.4, 0.5) is 5.69 Å². The summed E-state index contributed by atoms with van der Waals surface area (Å²) in [4.78, 5) is 12.9. The third-order valence-corrected chi connectivity index (χ3v) is 2.07. The zero-order valence-electron chi connectivity index (χ0n) is 13.1. The standard InChI is InChI=1S/C10H10BrNO2/c11-8-1-3-9(4-2-8)12-5-6-14-7-10(12)13/h1-4H,5-7H2/i1D,2D,3D,4D,7D2. The van der Waals surface area contributed by atoms with Gasteiger partial charge in [-0.25, -0.2) is 0 Å². The predicted octanol–water partition coefficient (Wildman–Crippen LogP) is 1.81. The Morgan fingerprint density at radius 2 is 2.21 bits per heavy atom. The molecule has 1 fully saturated rings. The third-order valence-electron chi connectivity index (χ3n) is 1.67. The molecule has 1 heterocycles. The molecule has 1 saturated heterocycles. The van der Waals surface area contributed by atoms with E-state index in [2.05, 4.69) is 15.9 Å². The van der Waals surface area contributed by atoms with Gasteiger partial charge in [0.05, 0.1) is 14.8 Å². The lowest BCUT2D eigenvalue weighted by Gasteiger charge is -2.26. The van der Waals surface area contributed by atoms with Crippen molar-refractivity contribution in [3.63, 3.8) is 0 Å². The van der Waals surface area contributed by atoms with Gasteiger partial charge in [0.2, 0.25) is 0 Å². The molecule has 0 aliphatic carbocycles. The molecule has 1 aliphatic heterocycles. The van der Waals surface area contributed by atoms with E-state index < -0.39 is 24.6 Å². The van der Waals surface area contributed by atoms with Crippen molar-refractivity contribution in [2.75, 3.05) is 24.6 Å². The average Bonchev–Trinajstić information content (AvgIpc) is 2.39. The van der Waals surface area contributed by atoms with E-state index in [0.717, 1.165) is 4.90 Å². The van der Waals surface area contributed by atoms with Gasteiger partial charge >= 0.3 is 0 Å². The number of rotatable bonds is 1. The molecule has 0 aromatic heterocycles. The van der Waals surface area contributed by atoms with Crippen LogP contribution in [0.5, 0.6) is 0 Å². The summed E-state index contributed by atoms with van der Waals surface area (Å²) in [6.45, 7) is -2.65. The van der Waals surface area contributed by atoms with Crippen LogP contribution in [0.15, 0.2) is 28.6 Å². The first-order valence-electron chi connectivity index (χ1n) is 6.90. The Morgan fingerprint density at radius 3 is 2.93 bits per heavy atom. The molecule has 0 atom stereocenters. The first-order valence-corrected chi connectivity index (χ1v) is 4.69. The largest absolute Gasteiger partial charge is 0.370 e. The molecule has 1 aromatic carbocycles. The molecular weight excluding hydrogens is 246 g/mol. The lowest BCUT2D eigenvalue weighted by Crippen LogP contribution is -2.41. The molecular formula is C10H10BrNO2. The number of ether oxygens (including phenoxy) is 1. The van der Waals surface area contributed by atoms with Gasteiger partial charge in [-0.05, 0) is 24.2 Å². The highest BCUT2D eigenvalue weighted by molar-refractivity contribution is 9.10. The Bertz CT molecular complexity index is 565. The molecule has 3 nitrogen and oxygen atoms in total. The van der Waals surface area contributed by atoms with Crippen LogP contribution < -0.4 is 4.90 Å². The SMILES string of the molecule is [2H]c1c([2H])c(N2CCOC([2H])([2H])C2=O)c([2H])c([2H])c1Br. The van der Waals surface area contributed by atoms with Gasteiger partial charge < -0.3 is 9.64 Å². The Labute approximate surface area is 99.2 Å². The number of halogens is 1. The molecule has 0 radical (unpaired) electrons. The monoisotopic (exact) mass is 261 g/mol. The zero-order chi connectivity index (χ0) is 15.2. The Morgan fingerprint density at radius 1 is 1.50 bits per heavy atom. The molecule has 1 amide bonds. The lowest BCUT2D eigenvalue weighted by atomic mass is 10.2. The fraction of sp³-hybridized carbons (Fsp3) is 0.300. The molecule has 0 bridgehead atoms. The molecule has 1 aliphatic rings. The summed E-state index contributed by atoms with van der Waals surface area (Å²) < 4.78 is 50.7. The van der Waals surface area contributed by atoms with Gasteiger partial charge in [-0.15, -0.1) is 0 Å². The molecule has 2 rings (SSSR count). The smallest absolute Gasteiger partial charge is 0.253 e. The fourth-order valence-electron chi connectivity index (χ4n) is 1.05. The second-order valence-corrected chi connectivity index (χ2v) is 3.36. The van der Waals surface area contributed by atoms with Crippen LogP contribution in [0.2, 0.25) is 0 Å². The van der Waals surface area contributed by atoms with Crippen molar-refractivity contribution in [1.82, 2.24) is 0 Å². The summed E-state index contributed by atoms with van der Waals surface area (Å²) in [5.74, 6) is -1.04. The van der Waals surface area contributed by atoms with Gasteiger partial charge in [0.15, 0.2) is 0 Å². The second-order valence-electron chi connectivity index (χ2n) is 2.57. The maximum absolute atomic E-state index is 12.0. The maximum atomic E-state index is 12.0. The van der Waals surface area contributed by atoms with E-state index in [1.54, 1.807) is 0 Å². The highest BCUT2D eigenvalue weighted by Crippen LogP contribution is 2.19. The summed E-state index contributed by atoms with van der Waals surface area (Å²) >= 11 is 2.96. The first-order chi connectivity index (χ1) is 9.18. The third kappa shape index (κ3) is 1.96.